The van der Waals surface area contributed by atoms with Gasteiger partial charge in [0, 0.05) is 31.8 Å². The van der Waals surface area contributed by atoms with Gasteiger partial charge in [-0.2, -0.15) is 5.10 Å². The quantitative estimate of drug-likeness (QED) is 0.528. The van der Waals surface area contributed by atoms with Gasteiger partial charge < -0.3 is 5.32 Å². The predicted molar refractivity (Wildman–Crippen MR) is 105 cm³/mol. The van der Waals surface area contributed by atoms with Crippen LogP contribution in [0.4, 0.5) is 5.82 Å². The lowest BCUT2D eigenvalue weighted by molar-refractivity contribution is 0.102. The summed E-state index contributed by atoms with van der Waals surface area (Å²) >= 11 is 21.8. The highest BCUT2D eigenvalue weighted by atomic mass is 79.9. The summed E-state index contributed by atoms with van der Waals surface area (Å²) in [5, 5.41) is 8.40. The molecule has 3 rings (SSSR count). The molecule has 0 spiro atoms. The number of halogens is 4. The van der Waals surface area contributed by atoms with Crippen molar-refractivity contribution in [2.75, 3.05) is 5.32 Å². The number of nitrogens with one attached hydrogen (secondary N) is 1. The van der Waals surface area contributed by atoms with Gasteiger partial charge in [0.2, 0.25) is 0 Å². The van der Waals surface area contributed by atoms with Gasteiger partial charge in [-0.05, 0) is 36.4 Å². The molecular formula is C17H11BrCl3N3O. The van der Waals surface area contributed by atoms with Crippen LogP contribution in [0, 0.1) is 0 Å². The van der Waals surface area contributed by atoms with E-state index in [0.717, 1.165) is 10.0 Å². The standard InChI is InChI=1S/C17H11BrCl3N3O/c18-11-6-4-10(5-7-11)17(25)22-16-15(21)9-24(23-16)8-12-13(19)2-1-3-14(12)20/h1-7,9H,8H2,(H,22,23,25). The Bertz CT molecular complexity index is 905. The summed E-state index contributed by atoms with van der Waals surface area (Å²) in [5.74, 6) is -0.0202. The van der Waals surface area contributed by atoms with Crippen molar-refractivity contribution >= 4 is 62.5 Å². The van der Waals surface area contributed by atoms with Gasteiger partial charge in [-0.1, -0.05) is 56.8 Å². The van der Waals surface area contributed by atoms with Crippen molar-refractivity contribution in [1.82, 2.24) is 9.78 Å². The molecule has 3 aromatic rings. The van der Waals surface area contributed by atoms with Crippen LogP contribution in [-0.4, -0.2) is 15.7 Å². The highest BCUT2D eigenvalue weighted by Gasteiger charge is 2.14. The molecule has 128 valence electrons. The minimum atomic E-state index is -0.296. The van der Waals surface area contributed by atoms with Crippen LogP contribution < -0.4 is 5.32 Å². The third kappa shape index (κ3) is 4.36. The Morgan fingerprint density at radius 3 is 2.32 bits per heavy atom. The molecule has 0 bridgehead atoms. The Kier molecular flexibility index (Phi) is 5.69. The van der Waals surface area contributed by atoms with Gasteiger partial charge in [0.05, 0.1) is 6.54 Å². The lowest BCUT2D eigenvalue weighted by Crippen LogP contribution is -2.13. The molecule has 1 heterocycles. The van der Waals surface area contributed by atoms with Gasteiger partial charge in [-0.3, -0.25) is 9.48 Å². The van der Waals surface area contributed by atoms with Crippen molar-refractivity contribution in [3.05, 3.63) is 79.3 Å². The van der Waals surface area contributed by atoms with Crippen LogP contribution in [0.25, 0.3) is 0 Å². The smallest absolute Gasteiger partial charge is 0.256 e. The first-order valence-corrected chi connectivity index (χ1v) is 9.09. The van der Waals surface area contributed by atoms with E-state index >= 15 is 0 Å². The Morgan fingerprint density at radius 2 is 1.68 bits per heavy atom. The summed E-state index contributed by atoms with van der Waals surface area (Å²) in [4.78, 5) is 12.3. The number of carbonyl (C=O) groups excluding carboxylic acids is 1. The van der Waals surface area contributed by atoms with Crippen molar-refractivity contribution < 1.29 is 4.79 Å². The second-order valence-electron chi connectivity index (χ2n) is 5.18. The molecule has 1 aromatic heterocycles. The van der Waals surface area contributed by atoms with Crippen LogP contribution in [0.1, 0.15) is 15.9 Å². The minimum Gasteiger partial charge on any atom is -0.304 e. The van der Waals surface area contributed by atoms with Crippen LogP contribution in [0.5, 0.6) is 0 Å². The molecule has 2 aromatic carbocycles. The number of hydrogen-bond donors (Lipinski definition) is 1. The molecule has 4 nitrogen and oxygen atoms in total. The number of rotatable bonds is 4. The lowest BCUT2D eigenvalue weighted by atomic mass is 10.2. The van der Waals surface area contributed by atoms with Gasteiger partial charge in [-0.15, -0.1) is 0 Å². The summed E-state index contributed by atoms with van der Waals surface area (Å²) in [6.45, 7) is 0.340. The summed E-state index contributed by atoms with van der Waals surface area (Å²) in [6.07, 6.45) is 1.61. The fourth-order valence-corrected chi connectivity index (χ4v) is 3.17. The van der Waals surface area contributed by atoms with Crippen LogP contribution in [0.3, 0.4) is 0 Å². The maximum atomic E-state index is 12.3. The maximum Gasteiger partial charge on any atom is 0.256 e. The summed E-state index contributed by atoms with van der Waals surface area (Å²) in [7, 11) is 0. The average molecular weight is 460 g/mol. The van der Waals surface area contributed by atoms with E-state index in [-0.39, 0.29) is 11.7 Å². The molecule has 0 unspecified atom stereocenters. The van der Waals surface area contributed by atoms with E-state index in [2.05, 4.69) is 26.3 Å². The highest BCUT2D eigenvalue weighted by Crippen LogP contribution is 2.27. The van der Waals surface area contributed by atoms with E-state index in [0.29, 0.717) is 27.2 Å². The predicted octanol–water partition coefficient (Wildman–Crippen LogP) is 5.91. The third-order valence-corrected chi connectivity index (χ3v) is 4.95. The SMILES string of the molecule is O=C(Nc1nn(Cc2c(Cl)cccc2Cl)cc1Cl)c1ccc(Br)cc1. The van der Waals surface area contributed by atoms with Gasteiger partial charge in [0.15, 0.2) is 5.82 Å². The maximum absolute atomic E-state index is 12.3. The molecule has 25 heavy (non-hydrogen) atoms. The monoisotopic (exact) mass is 457 g/mol. The third-order valence-electron chi connectivity index (χ3n) is 3.44. The largest absolute Gasteiger partial charge is 0.304 e. The highest BCUT2D eigenvalue weighted by molar-refractivity contribution is 9.10. The number of carbonyl (C=O) groups is 1. The first kappa shape index (κ1) is 18.3. The number of hydrogen-bond acceptors (Lipinski definition) is 2. The molecule has 0 saturated carbocycles. The van der Waals surface area contributed by atoms with Crippen molar-refractivity contribution in [1.29, 1.82) is 0 Å². The zero-order valence-corrected chi connectivity index (χ0v) is 16.5. The number of anilines is 1. The van der Waals surface area contributed by atoms with Crippen LogP contribution >= 0.6 is 50.7 Å². The van der Waals surface area contributed by atoms with E-state index in [1.165, 1.54) is 0 Å². The molecule has 0 aliphatic carbocycles. The molecule has 0 fully saturated rings. The Balaban J connectivity index is 1.78. The second kappa shape index (κ2) is 7.79. The molecule has 1 N–H and O–H groups in total. The molecule has 0 radical (unpaired) electrons. The second-order valence-corrected chi connectivity index (χ2v) is 7.32. The zero-order chi connectivity index (χ0) is 18.0. The van der Waals surface area contributed by atoms with E-state index in [1.807, 2.05) is 0 Å². The minimum absolute atomic E-state index is 0.276. The zero-order valence-electron chi connectivity index (χ0n) is 12.6. The topological polar surface area (TPSA) is 46.9 Å². The molecule has 1 amide bonds. The molecule has 0 aliphatic heterocycles. The first-order valence-electron chi connectivity index (χ1n) is 7.17. The van der Waals surface area contributed by atoms with E-state index < -0.39 is 0 Å². The van der Waals surface area contributed by atoms with Crippen LogP contribution in [0.15, 0.2) is 53.1 Å². The van der Waals surface area contributed by atoms with Gasteiger partial charge >= 0.3 is 0 Å². The Morgan fingerprint density at radius 1 is 1.04 bits per heavy atom. The normalized spacial score (nSPS) is 10.7. The lowest BCUT2D eigenvalue weighted by Gasteiger charge is -2.07. The summed E-state index contributed by atoms with van der Waals surface area (Å²) in [6, 6.07) is 12.3. The van der Waals surface area contributed by atoms with E-state index in [9.17, 15) is 4.79 Å². The van der Waals surface area contributed by atoms with Crippen molar-refractivity contribution in [2.24, 2.45) is 0 Å². The number of nitrogens with zero attached hydrogens (tertiary/aromatic N) is 2. The van der Waals surface area contributed by atoms with Crippen molar-refractivity contribution in [3.63, 3.8) is 0 Å². The average Bonchev–Trinajstić information content (AvgIpc) is 2.91. The van der Waals surface area contributed by atoms with Crippen molar-refractivity contribution in [3.8, 4) is 0 Å². The molecule has 0 atom stereocenters. The van der Waals surface area contributed by atoms with Crippen LogP contribution in [-0.2, 0) is 6.54 Å². The summed E-state index contributed by atoms with van der Waals surface area (Å²) in [5.41, 5.74) is 1.23. The number of benzene rings is 2. The van der Waals surface area contributed by atoms with Gasteiger partial charge in [0.1, 0.15) is 5.02 Å². The van der Waals surface area contributed by atoms with Gasteiger partial charge in [0.25, 0.3) is 5.91 Å². The fraction of sp³-hybridized carbons (Fsp3) is 0.0588. The number of aromatic nitrogens is 2. The van der Waals surface area contributed by atoms with E-state index in [4.69, 9.17) is 34.8 Å². The van der Waals surface area contributed by atoms with Crippen LogP contribution in [0.2, 0.25) is 15.1 Å². The molecule has 0 aliphatic rings. The fourth-order valence-electron chi connectivity index (χ4n) is 2.19. The Labute approximate surface area is 167 Å². The molecular weight excluding hydrogens is 448 g/mol. The molecule has 8 heteroatoms. The number of amides is 1. The van der Waals surface area contributed by atoms with E-state index in [1.54, 1.807) is 53.3 Å². The first-order chi connectivity index (χ1) is 11.9. The van der Waals surface area contributed by atoms with Gasteiger partial charge in [-0.25, -0.2) is 0 Å². The molecule has 0 saturated heterocycles. The summed E-state index contributed by atoms with van der Waals surface area (Å²) < 4.78 is 2.47. The Hall–Kier alpha value is -1.53. The van der Waals surface area contributed by atoms with Crippen molar-refractivity contribution in [2.45, 2.75) is 6.54 Å².